The van der Waals surface area contributed by atoms with Crippen molar-refractivity contribution in [3.8, 4) is 33.8 Å². The molecule has 0 bridgehead atoms. The molecule has 3 nitrogen and oxygen atoms in total. The third kappa shape index (κ3) is 4.60. The van der Waals surface area contributed by atoms with Gasteiger partial charge in [-0.15, -0.1) is 0 Å². The van der Waals surface area contributed by atoms with Crippen molar-refractivity contribution in [1.82, 2.24) is 0 Å². The Morgan fingerprint density at radius 1 is 0.350 bits per heavy atom. The maximum Gasteiger partial charge on any atom is 0.143 e. The number of ether oxygens (including phenoxy) is 1. The summed E-state index contributed by atoms with van der Waals surface area (Å²) in [6, 6.07) is 76.7. The van der Waals surface area contributed by atoms with Crippen molar-refractivity contribution in [2.24, 2.45) is 0 Å². The highest BCUT2D eigenvalue weighted by Crippen LogP contribution is 2.62. The van der Waals surface area contributed by atoms with Crippen LogP contribution in [0, 0.1) is 0 Å². The molecule has 280 valence electrons. The lowest BCUT2D eigenvalue weighted by molar-refractivity contribution is 0.436. The molecular formula is C57H35NO2. The second-order valence-corrected chi connectivity index (χ2v) is 16.0. The van der Waals surface area contributed by atoms with Crippen LogP contribution in [-0.4, -0.2) is 0 Å². The summed E-state index contributed by atoms with van der Waals surface area (Å²) >= 11 is 0. The van der Waals surface area contributed by atoms with E-state index < -0.39 is 5.41 Å². The monoisotopic (exact) mass is 765 g/mol. The molecule has 1 aromatic heterocycles. The first-order chi connectivity index (χ1) is 29.7. The summed E-state index contributed by atoms with van der Waals surface area (Å²) < 4.78 is 13.4. The molecule has 1 aliphatic carbocycles. The lowest BCUT2D eigenvalue weighted by Gasteiger charge is -2.39. The van der Waals surface area contributed by atoms with E-state index in [1.807, 2.05) is 0 Å². The molecular weight excluding hydrogens is 731 g/mol. The van der Waals surface area contributed by atoms with Gasteiger partial charge in [-0.05, 0) is 104 Å². The predicted molar refractivity (Wildman–Crippen MR) is 246 cm³/mol. The molecule has 11 aromatic rings. The van der Waals surface area contributed by atoms with Gasteiger partial charge >= 0.3 is 0 Å². The fourth-order valence-electron chi connectivity index (χ4n) is 10.3. The Kier molecular flexibility index (Phi) is 6.93. The molecule has 2 aliphatic rings. The second-order valence-electron chi connectivity index (χ2n) is 16.0. The van der Waals surface area contributed by atoms with Gasteiger partial charge < -0.3 is 14.1 Å². The number of fused-ring (bicyclic) bond motifs is 15. The SMILES string of the molecule is c1ccc2c(c1)Oc1ccccc1C21c2ccccc2-c2ccc(N(c3ccc(-c4cccc5ccccc45)cc3)c3ccc4c(c3)oc3c5ccccc5ccc43)cc21. The minimum atomic E-state index is -0.582. The fourth-order valence-corrected chi connectivity index (χ4v) is 10.3. The molecule has 60 heavy (non-hydrogen) atoms. The van der Waals surface area contributed by atoms with Crippen LogP contribution in [-0.2, 0) is 5.41 Å². The molecule has 13 rings (SSSR count). The Morgan fingerprint density at radius 2 is 0.917 bits per heavy atom. The highest BCUT2D eigenvalue weighted by molar-refractivity contribution is 6.15. The van der Waals surface area contributed by atoms with Crippen LogP contribution in [0.25, 0.3) is 65.7 Å². The molecule has 2 heterocycles. The van der Waals surface area contributed by atoms with Crippen molar-refractivity contribution >= 4 is 60.5 Å². The molecule has 0 N–H and O–H groups in total. The van der Waals surface area contributed by atoms with Crippen molar-refractivity contribution in [1.29, 1.82) is 0 Å². The number of nitrogens with zero attached hydrogens (tertiary/aromatic N) is 1. The molecule has 0 fully saturated rings. The second kappa shape index (κ2) is 12.6. The minimum Gasteiger partial charge on any atom is -0.457 e. The average molecular weight is 766 g/mol. The molecule has 1 spiro atoms. The summed E-state index contributed by atoms with van der Waals surface area (Å²) in [5, 5.41) is 6.99. The van der Waals surface area contributed by atoms with Crippen molar-refractivity contribution < 1.29 is 9.15 Å². The van der Waals surface area contributed by atoms with Crippen LogP contribution in [0.4, 0.5) is 17.1 Å². The maximum atomic E-state index is 6.79. The van der Waals surface area contributed by atoms with E-state index in [9.17, 15) is 0 Å². The van der Waals surface area contributed by atoms with Gasteiger partial charge in [-0.3, -0.25) is 0 Å². The average Bonchev–Trinajstić information content (AvgIpc) is 3.83. The number of hydrogen-bond acceptors (Lipinski definition) is 3. The zero-order valence-electron chi connectivity index (χ0n) is 32.5. The van der Waals surface area contributed by atoms with E-state index >= 15 is 0 Å². The molecule has 0 atom stereocenters. The van der Waals surface area contributed by atoms with Gasteiger partial charge in [0.25, 0.3) is 0 Å². The quantitative estimate of drug-likeness (QED) is 0.178. The minimum absolute atomic E-state index is 0.582. The number of anilines is 3. The van der Waals surface area contributed by atoms with Crippen LogP contribution >= 0.6 is 0 Å². The summed E-state index contributed by atoms with van der Waals surface area (Å²) in [6.45, 7) is 0. The van der Waals surface area contributed by atoms with Gasteiger partial charge in [-0.1, -0.05) is 152 Å². The normalized spacial score (nSPS) is 13.3. The molecule has 1 aliphatic heterocycles. The predicted octanol–water partition coefficient (Wildman–Crippen LogP) is 15.5. The van der Waals surface area contributed by atoms with E-state index in [-0.39, 0.29) is 0 Å². The molecule has 0 radical (unpaired) electrons. The van der Waals surface area contributed by atoms with Gasteiger partial charge in [-0.2, -0.15) is 0 Å². The number of benzene rings is 10. The summed E-state index contributed by atoms with van der Waals surface area (Å²) in [5.74, 6) is 1.76. The topological polar surface area (TPSA) is 25.6 Å². The van der Waals surface area contributed by atoms with Crippen molar-refractivity contribution in [2.45, 2.75) is 5.41 Å². The standard InChI is InChI=1S/C57H35NO2/c1-3-15-42-36(12-1)14-11-18-43(42)38-24-27-39(28-25-38)58(41-30-33-47-48-31-26-37-13-2-4-16-44(37)56(48)60-55(47)35-41)40-29-32-46-45-17-5-6-19-49(45)57(52(46)34-40)50-20-7-9-22-53(50)59-54-23-10-8-21-51(54)57/h1-35H. The molecule has 0 unspecified atom stereocenters. The fraction of sp³-hybridized carbons (Fsp3) is 0.0175. The number of hydrogen-bond donors (Lipinski definition) is 0. The van der Waals surface area contributed by atoms with Gasteiger partial charge in [0.2, 0.25) is 0 Å². The Labute approximate surface area is 347 Å². The van der Waals surface area contributed by atoms with E-state index in [0.717, 1.165) is 67.0 Å². The Bertz CT molecular complexity index is 3490. The Hall–Kier alpha value is -7.88. The first-order valence-corrected chi connectivity index (χ1v) is 20.6. The van der Waals surface area contributed by atoms with Crippen LogP contribution in [0.3, 0.4) is 0 Å². The molecule has 10 aromatic carbocycles. The van der Waals surface area contributed by atoms with Crippen molar-refractivity contribution in [3.05, 3.63) is 235 Å². The third-order valence-electron chi connectivity index (χ3n) is 12.9. The highest BCUT2D eigenvalue weighted by atomic mass is 16.5. The Balaban J connectivity index is 1.05. The van der Waals surface area contributed by atoms with Crippen LogP contribution in [0.1, 0.15) is 22.3 Å². The molecule has 3 heteroatoms. The van der Waals surface area contributed by atoms with Gasteiger partial charge in [0.15, 0.2) is 0 Å². The van der Waals surface area contributed by atoms with Crippen LogP contribution in [0.15, 0.2) is 217 Å². The van der Waals surface area contributed by atoms with E-state index in [1.54, 1.807) is 0 Å². The maximum absolute atomic E-state index is 6.79. The number of rotatable bonds is 4. The lowest BCUT2D eigenvalue weighted by Crippen LogP contribution is -2.32. The molecule has 0 amide bonds. The van der Waals surface area contributed by atoms with Crippen molar-refractivity contribution in [3.63, 3.8) is 0 Å². The smallest absolute Gasteiger partial charge is 0.143 e. The summed E-state index contributed by atoms with van der Waals surface area (Å²) in [7, 11) is 0. The summed E-state index contributed by atoms with van der Waals surface area (Å²) in [6.07, 6.45) is 0. The van der Waals surface area contributed by atoms with Crippen LogP contribution in [0.5, 0.6) is 11.5 Å². The van der Waals surface area contributed by atoms with Gasteiger partial charge in [0.05, 0.1) is 5.41 Å². The van der Waals surface area contributed by atoms with E-state index in [4.69, 9.17) is 9.15 Å². The lowest BCUT2D eigenvalue weighted by atomic mass is 9.66. The third-order valence-corrected chi connectivity index (χ3v) is 12.9. The number of furan rings is 1. The van der Waals surface area contributed by atoms with Gasteiger partial charge in [0.1, 0.15) is 22.7 Å². The van der Waals surface area contributed by atoms with E-state index in [0.29, 0.717) is 0 Å². The number of para-hydroxylation sites is 2. The van der Waals surface area contributed by atoms with Crippen molar-refractivity contribution in [2.75, 3.05) is 4.90 Å². The Morgan fingerprint density at radius 3 is 1.72 bits per heavy atom. The first kappa shape index (κ1) is 33.1. The van der Waals surface area contributed by atoms with Crippen LogP contribution in [0.2, 0.25) is 0 Å². The zero-order valence-corrected chi connectivity index (χ0v) is 32.5. The van der Waals surface area contributed by atoms with E-state index in [2.05, 4.69) is 217 Å². The van der Waals surface area contributed by atoms with E-state index in [1.165, 1.54) is 49.5 Å². The van der Waals surface area contributed by atoms with Gasteiger partial charge in [0, 0.05) is 50.4 Å². The summed E-state index contributed by atoms with van der Waals surface area (Å²) in [4.78, 5) is 2.38. The highest BCUT2D eigenvalue weighted by Gasteiger charge is 2.51. The summed E-state index contributed by atoms with van der Waals surface area (Å²) in [5.41, 5.74) is 14.0. The largest absolute Gasteiger partial charge is 0.457 e. The molecule has 0 saturated carbocycles. The van der Waals surface area contributed by atoms with Gasteiger partial charge in [-0.25, -0.2) is 0 Å². The first-order valence-electron chi connectivity index (χ1n) is 20.6. The van der Waals surface area contributed by atoms with Crippen LogP contribution < -0.4 is 9.64 Å². The zero-order chi connectivity index (χ0) is 39.4. The molecule has 0 saturated heterocycles.